The van der Waals surface area contributed by atoms with Crippen LogP contribution in [0, 0.1) is 11.3 Å². The van der Waals surface area contributed by atoms with Crippen LogP contribution in [0.5, 0.6) is 0 Å². The van der Waals surface area contributed by atoms with Gasteiger partial charge in [0.15, 0.2) is 0 Å². The van der Waals surface area contributed by atoms with Crippen molar-refractivity contribution in [3.05, 3.63) is 89.5 Å². The number of hydrazone groups is 1. The topological polar surface area (TPSA) is 125 Å². The minimum atomic E-state index is -0.0754. The molecule has 0 aliphatic heterocycles. The second kappa shape index (κ2) is 9.48. The standard InChI is InChI=1S/C22H19N7/c23-13-16-5-11-21(12-6-16)28-26-14-17-1-7-19(8-2-17)20-9-3-18(4-10-20)15-27-29-22(24)25/h1-12,14-15,28H,(H4,24,25,29)/b26-14+,27-15+. The quantitative estimate of drug-likeness (QED) is 0.344. The van der Waals surface area contributed by atoms with Gasteiger partial charge in [-0.25, -0.2) is 0 Å². The molecule has 0 aliphatic rings. The fourth-order valence-corrected chi connectivity index (χ4v) is 2.49. The van der Waals surface area contributed by atoms with E-state index in [1.807, 2.05) is 60.7 Å². The zero-order valence-electron chi connectivity index (χ0n) is 15.5. The summed E-state index contributed by atoms with van der Waals surface area (Å²) < 4.78 is 0. The van der Waals surface area contributed by atoms with Crippen molar-refractivity contribution in [3.8, 4) is 17.2 Å². The van der Waals surface area contributed by atoms with Gasteiger partial charge in [-0.3, -0.25) is 5.43 Å². The molecule has 0 aliphatic carbocycles. The van der Waals surface area contributed by atoms with Gasteiger partial charge in [0.05, 0.1) is 29.7 Å². The van der Waals surface area contributed by atoms with Gasteiger partial charge in [0, 0.05) is 0 Å². The monoisotopic (exact) mass is 381 g/mol. The van der Waals surface area contributed by atoms with E-state index in [4.69, 9.17) is 16.7 Å². The van der Waals surface area contributed by atoms with Gasteiger partial charge in [-0.15, -0.1) is 5.10 Å². The van der Waals surface area contributed by atoms with Crippen LogP contribution in [-0.2, 0) is 0 Å². The maximum Gasteiger partial charge on any atom is 0.211 e. The van der Waals surface area contributed by atoms with Crippen LogP contribution in [0.1, 0.15) is 16.7 Å². The average molecular weight is 381 g/mol. The molecule has 29 heavy (non-hydrogen) atoms. The van der Waals surface area contributed by atoms with E-state index in [9.17, 15) is 0 Å². The molecule has 0 amide bonds. The molecular formula is C22H19N7. The zero-order chi connectivity index (χ0) is 20.5. The molecule has 0 radical (unpaired) electrons. The Morgan fingerprint density at radius 2 is 1.34 bits per heavy atom. The van der Waals surface area contributed by atoms with Crippen LogP contribution >= 0.6 is 0 Å². The molecular weight excluding hydrogens is 362 g/mol. The molecule has 0 saturated heterocycles. The summed E-state index contributed by atoms with van der Waals surface area (Å²) in [5.41, 5.74) is 18.9. The van der Waals surface area contributed by atoms with Crippen molar-refractivity contribution in [3.63, 3.8) is 0 Å². The summed E-state index contributed by atoms with van der Waals surface area (Å²) in [6.07, 6.45) is 3.33. The number of hydrogen-bond acceptors (Lipinski definition) is 5. The van der Waals surface area contributed by atoms with Crippen LogP contribution in [0.4, 0.5) is 5.69 Å². The van der Waals surface area contributed by atoms with Gasteiger partial charge >= 0.3 is 0 Å². The number of nitrogens with two attached hydrogens (primary N) is 2. The minimum absolute atomic E-state index is 0.0754. The molecule has 0 aromatic heterocycles. The number of rotatable bonds is 6. The summed E-state index contributed by atoms with van der Waals surface area (Å²) in [4.78, 5) is 0. The van der Waals surface area contributed by atoms with E-state index in [1.165, 1.54) is 0 Å². The first-order chi connectivity index (χ1) is 14.1. The van der Waals surface area contributed by atoms with E-state index in [0.29, 0.717) is 5.56 Å². The average Bonchev–Trinajstić information content (AvgIpc) is 2.75. The molecule has 0 spiro atoms. The van der Waals surface area contributed by atoms with E-state index in [-0.39, 0.29) is 5.96 Å². The largest absolute Gasteiger partial charge is 0.369 e. The van der Waals surface area contributed by atoms with Gasteiger partial charge in [0.1, 0.15) is 0 Å². The highest BCUT2D eigenvalue weighted by molar-refractivity contribution is 5.83. The van der Waals surface area contributed by atoms with E-state index < -0.39 is 0 Å². The maximum absolute atomic E-state index is 8.81. The smallest absolute Gasteiger partial charge is 0.211 e. The Balaban J connectivity index is 1.61. The van der Waals surface area contributed by atoms with Crippen LogP contribution in [-0.4, -0.2) is 18.4 Å². The van der Waals surface area contributed by atoms with Gasteiger partial charge in [-0.2, -0.15) is 15.5 Å². The van der Waals surface area contributed by atoms with E-state index >= 15 is 0 Å². The lowest BCUT2D eigenvalue weighted by atomic mass is 10.0. The lowest BCUT2D eigenvalue weighted by Crippen LogP contribution is -2.21. The molecule has 142 valence electrons. The first kappa shape index (κ1) is 19.3. The normalized spacial score (nSPS) is 10.7. The van der Waals surface area contributed by atoms with Gasteiger partial charge in [-0.1, -0.05) is 48.5 Å². The summed E-state index contributed by atoms with van der Waals surface area (Å²) in [7, 11) is 0. The lowest BCUT2D eigenvalue weighted by Gasteiger charge is -2.03. The van der Waals surface area contributed by atoms with Gasteiger partial charge < -0.3 is 11.5 Å². The van der Waals surface area contributed by atoms with Gasteiger partial charge in [0.25, 0.3) is 0 Å². The van der Waals surface area contributed by atoms with E-state index in [1.54, 1.807) is 24.6 Å². The summed E-state index contributed by atoms with van der Waals surface area (Å²) >= 11 is 0. The number of nitrogens with zero attached hydrogens (tertiary/aromatic N) is 4. The molecule has 0 fully saturated rings. The first-order valence-electron chi connectivity index (χ1n) is 8.76. The SMILES string of the molecule is N#Cc1ccc(N/N=C/c2ccc(-c3ccc(/C=N/N=C(N)N)cc3)cc2)cc1. The zero-order valence-corrected chi connectivity index (χ0v) is 15.5. The molecule has 5 N–H and O–H groups in total. The third kappa shape index (κ3) is 5.77. The third-order valence-electron chi connectivity index (χ3n) is 3.96. The number of anilines is 1. The van der Waals surface area contributed by atoms with Gasteiger partial charge in [0.2, 0.25) is 5.96 Å². The predicted octanol–water partition coefficient (Wildman–Crippen LogP) is 3.28. The van der Waals surface area contributed by atoms with Crippen molar-refractivity contribution in [2.24, 2.45) is 26.8 Å². The highest BCUT2D eigenvalue weighted by atomic mass is 15.3. The second-order valence-corrected chi connectivity index (χ2v) is 6.07. The van der Waals surface area contributed by atoms with Crippen molar-refractivity contribution in [1.29, 1.82) is 5.26 Å². The summed E-state index contributed by atoms with van der Waals surface area (Å²) in [5.74, 6) is -0.0754. The molecule has 0 bridgehead atoms. The molecule has 3 aromatic carbocycles. The Hall–Kier alpha value is -4.44. The van der Waals surface area contributed by atoms with Crippen LogP contribution < -0.4 is 16.9 Å². The highest BCUT2D eigenvalue weighted by Crippen LogP contribution is 2.20. The van der Waals surface area contributed by atoms with Crippen molar-refractivity contribution in [1.82, 2.24) is 0 Å². The molecule has 0 atom stereocenters. The Kier molecular flexibility index (Phi) is 6.32. The van der Waals surface area contributed by atoms with E-state index in [0.717, 1.165) is 27.9 Å². The Labute approximate surface area is 168 Å². The number of hydrogen-bond donors (Lipinski definition) is 3. The van der Waals surface area contributed by atoms with Crippen LogP contribution in [0.15, 0.2) is 88.1 Å². The second-order valence-electron chi connectivity index (χ2n) is 6.07. The number of guanidine groups is 1. The van der Waals surface area contributed by atoms with Crippen molar-refractivity contribution in [2.75, 3.05) is 5.43 Å². The van der Waals surface area contributed by atoms with Crippen LogP contribution in [0.2, 0.25) is 0 Å². The number of benzene rings is 3. The van der Waals surface area contributed by atoms with Crippen molar-refractivity contribution in [2.45, 2.75) is 0 Å². The summed E-state index contributed by atoms with van der Waals surface area (Å²) in [6, 6.07) is 25.1. The van der Waals surface area contributed by atoms with Crippen LogP contribution in [0.25, 0.3) is 11.1 Å². The Morgan fingerprint density at radius 3 is 1.86 bits per heavy atom. The van der Waals surface area contributed by atoms with Crippen molar-refractivity contribution < 1.29 is 0 Å². The lowest BCUT2D eigenvalue weighted by molar-refractivity contribution is 1.21. The molecule has 7 heteroatoms. The Morgan fingerprint density at radius 1 is 0.793 bits per heavy atom. The molecule has 0 unspecified atom stereocenters. The molecule has 0 heterocycles. The highest BCUT2D eigenvalue weighted by Gasteiger charge is 1.98. The maximum atomic E-state index is 8.81. The van der Waals surface area contributed by atoms with Crippen molar-refractivity contribution >= 4 is 24.1 Å². The number of nitrogens with one attached hydrogen (secondary N) is 1. The first-order valence-corrected chi connectivity index (χ1v) is 8.76. The third-order valence-corrected chi connectivity index (χ3v) is 3.96. The van der Waals surface area contributed by atoms with E-state index in [2.05, 4.69) is 26.8 Å². The number of nitriles is 1. The van der Waals surface area contributed by atoms with Gasteiger partial charge in [-0.05, 0) is 46.5 Å². The minimum Gasteiger partial charge on any atom is -0.369 e. The summed E-state index contributed by atoms with van der Waals surface area (Å²) in [5, 5.41) is 20.4. The molecule has 3 aromatic rings. The fourth-order valence-electron chi connectivity index (χ4n) is 2.49. The van der Waals surface area contributed by atoms with Crippen LogP contribution in [0.3, 0.4) is 0 Å². The molecule has 0 saturated carbocycles. The molecule has 7 nitrogen and oxygen atoms in total. The summed E-state index contributed by atoms with van der Waals surface area (Å²) in [6.45, 7) is 0. The fraction of sp³-hybridized carbons (Fsp3) is 0. The Bertz CT molecular complexity index is 1070. The predicted molar refractivity (Wildman–Crippen MR) is 118 cm³/mol. The molecule has 3 rings (SSSR count).